The van der Waals surface area contributed by atoms with E-state index in [2.05, 4.69) is 0 Å². The summed E-state index contributed by atoms with van der Waals surface area (Å²) in [7, 11) is 0. The van der Waals surface area contributed by atoms with Crippen molar-refractivity contribution in [2.45, 2.75) is 34.6 Å². The quantitative estimate of drug-likeness (QED) is 0.623. The summed E-state index contributed by atoms with van der Waals surface area (Å²) in [5, 5.41) is 2.29. The molecule has 0 spiro atoms. The molecule has 0 saturated carbocycles. The standard InChI is InChI=1S/C12H10O.2C2H6/c1-9(13)11-7-6-10-4-2-3-5-12(10)8-11;2*1-2/h2-8H,1H3;2*1-2H3. The topological polar surface area (TPSA) is 17.1 Å². The summed E-state index contributed by atoms with van der Waals surface area (Å²) in [4.78, 5) is 11.1. The molecule has 92 valence electrons. The van der Waals surface area contributed by atoms with Crippen LogP contribution >= 0.6 is 0 Å². The van der Waals surface area contributed by atoms with E-state index in [4.69, 9.17) is 0 Å². The van der Waals surface area contributed by atoms with Gasteiger partial charge in [-0.05, 0) is 23.8 Å². The van der Waals surface area contributed by atoms with Crippen LogP contribution in [0.2, 0.25) is 0 Å². The SMILES string of the molecule is CC.CC.CC(=O)c1ccc2ccccc2c1. The van der Waals surface area contributed by atoms with E-state index in [0.717, 1.165) is 10.9 Å². The molecule has 0 radical (unpaired) electrons. The molecule has 0 amide bonds. The van der Waals surface area contributed by atoms with Crippen molar-refractivity contribution < 1.29 is 4.79 Å². The number of fused-ring (bicyclic) bond motifs is 1. The molecule has 0 N–H and O–H groups in total. The molecule has 0 aliphatic carbocycles. The van der Waals surface area contributed by atoms with Gasteiger partial charge in [-0.25, -0.2) is 0 Å². The van der Waals surface area contributed by atoms with Gasteiger partial charge in [-0.3, -0.25) is 4.79 Å². The largest absolute Gasteiger partial charge is 0.295 e. The molecule has 2 aromatic carbocycles. The van der Waals surface area contributed by atoms with Crippen molar-refractivity contribution in [2.75, 3.05) is 0 Å². The van der Waals surface area contributed by atoms with E-state index in [1.165, 1.54) is 5.39 Å². The molecule has 0 atom stereocenters. The third-order valence-corrected chi connectivity index (χ3v) is 2.16. The second-order valence-corrected chi connectivity index (χ2v) is 3.12. The van der Waals surface area contributed by atoms with Crippen molar-refractivity contribution in [3.63, 3.8) is 0 Å². The van der Waals surface area contributed by atoms with Gasteiger partial charge in [0.2, 0.25) is 0 Å². The predicted molar refractivity (Wildman–Crippen MR) is 76.6 cm³/mol. The van der Waals surface area contributed by atoms with Gasteiger partial charge in [0, 0.05) is 5.56 Å². The highest BCUT2D eigenvalue weighted by Gasteiger charge is 1.99. The van der Waals surface area contributed by atoms with E-state index < -0.39 is 0 Å². The van der Waals surface area contributed by atoms with E-state index in [1.807, 2.05) is 70.2 Å². The predicted octanol–water partition coefficient (Wildman–Crippen LogP) is 5.09. The molecule has 1 nitrogen and oxygen atoms in total. The van der Waals surface area contributed by atoms with Crippen LogP contribution in [0.25, 0.3) is 10.8 Å². The normalized spacial score (nSPS) is 8.53. The van der Waals surface area contributed by atoms with Crippen molar-refractivity contribution in [3.8, 4) is 0 Å². The molecule has 17 heavy (non-hydrogen) atoms. The van der Waals surface area contributed by atoms with Crippen LogP contribution in [0.15, 0.2) is 42.5 Å². The minimum atomic E-state index is 0.116. The average molecular weight is 230 g/mol. The van der Waals surface area contributed by atoms with Crippen molar-refractivity contribution in [1.29, 1.82) is 0 Å². The maximum Gasteiger partial charge on any atom is 0.159 e. The van der Waals surface area contributed by atoms with Gasteiger partial charge >= 0.3 is 0 Å². The number of benzene rings is 2. The lowest BCUT2D eigenvalue weighted by atomic mass is 10.1. The number of hydrogen-bond acceptors (Lipinski definition) is 1. The van der Waals surface area contributed by atoms with Gasteiger partial charge in [-0.2, -0.15) is 0 Å². The van der Waals surface area contributed by atoms with E-state index in [1.54, 1.807) is 6.92 Å². The number of carbonyl (C=O) groups excluding carboxylic acids is 1. The third-order valence-electron chi connectivity index (χ3n) is 2.16. The molecular formula is C16H22O. The minimum Gasteiger partial charge on any atom is -0.295 e. The van der Waals surface area contributed by atoms with Crippen LogP contribution in [0.3, 0.4) is 0 Å². The number of ketones is 1. The number of carbonyl (C=O) groups is 1. The molecule has 2 aromatic rings. The summed E-state index contributed by atoms with van der Waals surface area (Å²) in [6, 6.07) is 13.8. The van der Waals surface area contributed by atoms with Crippen LogP contribution in [-0.4, -0.2) is 5.78 Å². The molecule has 0 aliphatic rings. The first kappa shape index (κ1) is 15.4. The summed E-state index contributed by atoms with van der Waals surface area (Å²) in [6.45, 7) is 9.59. The molecule has 0 heterocycles. The molecule has 0 unspecified atom stereocenters. The summed E-state index contributed by atoms with van der Waals surface area (Å²) in [5.74, 6) is 0.116. The zero-order valence-corrected chi connectivity index (χ0v) is 11.4. The summed E-state index contributed by atoms with van der Waals surface area (Å²) < 4.78 is 0. The van der Waals surface area contributed by atoms with Gasteiger partial charge < -0.3 is 0 Å². The van der Waals surface area contributed by atoms with E-state index in [-0.39, 0.29) is 5.78 Å². The molecule has 2 rings (SSSR count). The van der Waals surface area contributed by atoms with E-state index >= 15 is 0 Å². The lowest BCUT2D eigenvalue weighted by Crippen LogP contribution is -1.90. The summed E-state index contributed by atoms with van der Waals surface area (Å²) in [5.41, 5.74) is 0.777. The summed E-state index contributed by atoms with van der Waals surface area (Å²) in [6.07, 6.45) is 0. The molecule has 0 aliphatic heterocycles. The Balaban J connectivity index is 0.000000581. The van der Waals surface area contributed by atoms with Gasteiger partial charge in [-0.15, -0.1) is 0 Å². The fourth-order valence-electron chi connectivity index (χ4n) is 1.41. The second-order valence-electron chi connectivity index (χ2n) is 3.12. The monoisotopic (exact) mass is 230 g/mol. The molecule has 0 saturated heterocycles. The van der Waals surface area contributed by atoms with Gasteiger partial charge in [0.25, 0.3) is 0 Å². The number of rotatable bonds is 1. The molecule has 0 bridgehead atoms. The Morgan fingerprint density at radius 2 is 1.35 bits per heavy atom. The Hall–Kier alpha value is -1.63. The zero-order valence-electron chi connectivity index (χ0n) is 11.4. The van der Waals surface area contributed by atoms with Crippen molar-refractivity contribution in [1.82, 2.24) is 0 Å². The Morgan fingerprint density at radius 1 is 0.824 bits per heavy atom. The van der Waals surface area contributed by atoms with Crippen molar-refractivity contribution >= 4 is 16.6 Å². The lowest BCUT2D eigenvalue weighted by molar-refractivity contribution is 0.101. The molecule has 0 fully saturated rings. The van der Waals surface area contributed by atoms with Crippen molar-refractivity contribution in [3.05, 3.63) is 48.0 Å². The maximum absolute atomic E-state index is 11.1. The molecule has 0 aromatic heterocycles. The fraction of sp³-hybridized carbons (Fsp3) is 0.312. The lowest BCUT2D eigenvalue weighted by Gasteiger charge is -1.99. The van der Waals surface area contributed by atoms with E-state index in [0.29, 0.717) is 0 Å². The van der Waals surface area contributed by atoms with Crippen LogP contribution < -0.4 is 0 Å². The number of Topliss-reactive ketones (excluding diaryl/α,β-unsaturated/α-hetero) is 1. The number of hydrogen-bond donors (Lipinski definition) is 0. The fourth-order valence-corrected chi connectivity index (χ4v) is 1.41. The van der Waals surface area contributed by atoms with Gasteiger partial charge in [0.15, 0.2) is 5.78 Å². The second kappa shape index (κ2) is 8.51. The minimum absolute atomic E-state index is 0.116. The first-order valence-electron chi connectivity index (χ1n) is 6.27. The summed E-state index contributed by atoms with van der Waals surface area (Å²) >= 11 is 0. The highest BCUT2D eigenvalue weighted by molar-refractivity contribution is 5.98. The third kappa shape index (κ3) is 4.39. The highest BCUT2D eigenvalue weighted by Crippen LogP contribution is 2.15. The molecular weight excluding hydrogens is 208 g/mol. The van der Waals surface area contributed by atoms with Crippen LogP contribution in [0.4, 0.5) is 0 Å². The zero-order chi connectivity index (χ0) is 13.3. The van der Waals surface area contributed by atoms with Gasteiger partial charge in [0.05, 0.1) is 0 Å². The Bertz CT molecular complexity index is 458. The van der Waals surface area contributed by atoms with Crippen LogP contribution in [-0.2, 0) is 0 Å². The first-order chi connectivity index (χ1) is 8.27. The Labute approximate surface area is 104 Å². The Morgan fingerprint density at radius 3 is 1.88 bits per heavy atom. The molecule has 1 heteroatoms. The smallest absolute Gasteiger partial charge is 0.159 e. The van der Waals surface area contributed by atoms with Gasteiger partial charge in [0.1, 0.15) is 0 Å². The van der Waals surface area contributed by atoms with Crippen molar-refractivity contribution in [2.24, 2.45) is 0 Å². The van der Waals surface area contributed by atoms with E-state index in [9.17, 15) is 4.79 Å². The van der Waals surface area contributed by atoms with Crippen LogP contribution in [0.5, 0.6) is 0 Å². The average Bonchev–Trinajstić information content (AvgIpc) is 2.42. The first-order valence-corrected chi connectivity index (χ1v) is 6.27. The van der Waals surface area contributed by atoms with Gasteiger partial charge in [-0.1, -0.05) is 64.1 Å². The maximum atomic E-state index is 11.1. The van der Waals surface area contributed by atoms with Crippen LogP contribution in [0, 0.1) is 0 Å². The highest BCUT2D eigenvalue weighted by atomic mass is 16.1. The Kier molecular flexibility index (Phi) is 7.70. The van der Waals surface area contributed by atoms with Crippen LogP contribution in [0.1, 0.15) is 45.0 Å².